The van der Waals surface area contributed by atoms with Crippen molar-refractivity contribution in [1.82, 2.24) is 5.32 Å². The third-order valence-electron chi connectivity index (χ3n) is 4.16. The van der Waals surface area contributed by atoms with Crippen molar-refractivity contribution in [2.24, 2.45) is 0 Å². The summed E-state index contributed by atoms with van der Waals surface area (Å²) in [5.74, 6) is -2.97. The molecule has 27 heavy (non-hydrogen) atoms. The number of hydrogen-bond donors (Lipinski definition) is 2. The number of esters is 2. The Hall–Kier alpha value is -2.87. The minimum absolute atomic E-state index is 0.0847. The van der Waals surface area contributed by atoms with Crippen LogP contribution < -0.4 is 10.6 Å². The molecule has 2 aliphatic heterocycles. The Kier molecular flexibility index (Phi) is 5.46. The van der Waals surface area contributed by atoms with Crippen LogP contribution in [0.3, 0.4) is 0 Å². The Labute approximate surface area is 156 Å². The highest BCUT2D eigenvalue weighted by Gasteiger charge is 2.38. The van der Waals surface area contributed by atoms with Crippen LogP contribution in [0.2, 0.25) is 0 Å². The van der Waals surface area contributed by atoms with E-state index in [4.69, 9.17) is 14.2 Å². The van der Waals surface area contributed by atoms with Gasteiger partial charge in [0.15, 0.2) is 5.57 Å². The molecule has 2 aliphatic rings. The van der Waals surface area contributed by atoms with Crippen LogP contribution in [0.15, 0.2) is 36.0 Å². The van der Waals surface area contributed by atoms with Crippen molar-refractivity contribution in [2.75, 3.05) is 18.5 Å². The molecule has 1 unspecified atom stereocenters. The molecule has 8 heteroatoms. The molecule has 3 rings (SSSR count). The van der Waals surface area contributed by atoms with E-state index < -0.39 is 17.7 Å². The monoisotopic (exact) mass is 374 g/mol. The number of amides is 1. The van der Waals surface area contributed by atoms with E-state index in [2.05, 4.69) is 10.6 Å². The quantitative estimate of drug-likeness (QED) is 0.460. The molecule has 2 fully saturated rings. The molecular weight excluding hydrogens is 352 g/mol. The first-order valence-electron chi connectivity index (χ1n) is 8.77. The number of ether oxygens (including phenoxy) is 3. The number of benzene rings is 1. The molecule has 2 N–H and O–H groups in total. The Bertz CT molecular complexity index is 741. The third kappa shape index (κ3) is 4.85. The second kappa shape index (κ2) is 7.79. The predicted molar refractivity (Wildman–Crippen MR) is 95.7 cm³/mol. The van der Waals surface area contributed by atoms with Crippen molar-refractivity contribution < 1.29 is 28.6 Å². The number of nitrogens with one attached hydrogen (secondary N) is 2. The molecule has 144 valence electrons. The van der Waals surface area contributed by atoms with E-state index in [1.54, 1.807) is 24.3 Å². The predicted octanol–water partition coefficient (Wildman–Crippen LogP) is 1.73. The molecule has 2 heterocycles. The van der Waals surface area contributed by atoms with E-state index >= 15 is 0 Å². The van der Waals surface area contributed by atoms with Gasteiger partial charge in [0.2, 0.25) is 0 Å². The number of carbonyl (C=O) groups is 3. The van der Waals surface area contributed by atoms with E-state index in [0.29, 0.717) is 17.8 Å². The molecule has 1 aromatic carbocycles. The lowest BCUT2D eigenvalue weighted by molar-refractivity contribution is -0.222. The van der Waals surface area contributed by atoms with Crippen LogP contribution in [0, 0.1) is 0 Å². The van der Waals surface area contributed by atoms with Gasteiger partial charge in [-0.25, -0.2) is 9.59 Å². The number of carbonyl (C=O) groups excluding carboxylic acids is 3. The SMILES string of the molecule is CC1(C)OC(=O)C(=CNc2ccc(C(=O)NCC3CCCO3)cc2)C(=O)O1. The molecule has 2 saturated heterocycles. The van der Waals surface area contributed by atoms with E-state index in [1.165, 1.54) is 20.0 Å². The normalized spacial score (nSPS) is 21.3. The summed E-state index contributed by atoms with van der Waals surface area (Å²) in [7, 11) is 0. The number of hydrogen-bond acceptors (Lipinski definition) is 7. The summed E-state index contributed by atoms with van der Waals surface area (Å²) in [5, 5.41) is 5.67. The van der Waals surface area contributed by atoms with Crippen molar-refractivity contribution in [1.29, 1.82) is 0 Å². The van der Waals surface area contributed by atoms with Gasteiger partial charge in [-0.1, -0.05) is 0 Å². The zero-order valence-corrected chi connectivity index (χ0v) is 15.2. The Morgan fingerprint density at radius 1 is 1.19 bits per heavy atom. The molecule has 0 spiro atoms. The van der Waals surface area contributed by atoms with E-state index in [-0.39, 0.29) is 17.6 Å². The van der Waals surface area contributed by atoms with E-state index in [9.17, 15) is 14.4 Å². The van der Waals surface area contributed by atoms with Crippen LogP contribution >= 0.6 is 0 Å². The van der Waals surface area contributed by atoms with Gasteiger partial charge >= 0.3 is 11.9 Å². The molecule has 1 atom stereocenters. The van der Waals surface area contributed by atoms with Crippen molar-refractivity contribution in [3.63, 3.8) is 0 Å². The van der Waals surface area contributed by atoms with Gasteiger partial charge in [0.1, 0.15) is 0 Å². The van der Waals surface area contributed by atoms with E-state index in [0.717, 1.165) is 19.4 Å². The third-order valence-corrected chi connectivity index (χ3v) is 4.16. The van der Waals surface area contributed by atoms with Crippen molar-refractivity contribution in [3.05, 3.63) is 41.6 Å². The van der Waals surface area contributed by atoms with Gasteiger partial charge in [-0.3, -0.25) is 4.79 Å². The van der Waals surface area contributed by atoms with Gasteiger partial charge in [-0.15, -0.1) is 0 Å². The zero-order chi connectivity index (χ0) is 19.4. The fraction of sp³-hybridized carbons (Fsp3) is 0.421. The maximum absolute atomic E-state index is 12.1. The Morgan fingerprint density at radius 3 is 2.44 bits per heavy atom. The largest absolute Gasteiger partial charge is 0.419 e. The average Bonchev–Trinajstić information content (AvgIpc) is 3.12. The summed E-state index contributed by atoms with van der Waals surface area (Å²) in [4.78, 5) is 35.9. The minimum atomic E-state index is -1.27. The zero-order valence-electron chi connectivity index (χ0n) is 15.2. The van der Waals surface area contributed by atoms with Crippen LogP contribution in [0.1, 0.15) is 37.0 Å². The van der Waals surface area contributed by atoms with Crippen LogP contribution in [0.25, 0.3) is 0 Å². The Balaban J connectivity index is 1.56. The Morgan fingerprint density at radius 2 is 1.85 bits per heavy atom. The van der Waals surface area contributed by atoms with Gasteiger partial charge in [0, 0.05) is 44.4 Å². The maximum atomic E-state index is 12.1. The first-order valence-corrected chi connectivity index (χ1v) is 8.77. The highest BCUT2D eigenvalue weighted by molar-refractivity contribution is 6.15. The fourth-order valence-electron chi connectivity index (χ4n) is 2.77. The van der Waals surface area contributed by atoms with Crippen molar-refractivity contribution in [3.8, 4) is 0 Å². The van der Waals surface area contributed by atoms with Gasteiger partial charge < -0.3 is 24.8 Å². The van der Waals surface area contributed by atoms with Crippen molar-refractivity contribution >= 4 is 23.5 Å². The van der Waals surface area contributed by atoms with E-state index in [1.807, 2.05) is 0 Å². The molecular formula is C19H22N2O6. The molecule has 8 nitrogen and oxygen atoms in total. The standard InChI is InChI=1S/C19H22N2O6/c1-19(2)26-17(23)15(18(24)27-19)11-20-13-7-5-12(6-8-13)16(22)21-10-14-4-3-9-25-14/h5-8,11,14,20H,3-4,9-10H2,1-2H3,(H,21,22). The maximum Gasteiger partial charge on any atom is 0.350 e. The molecule has 0 saturated carbocycles. The summed E-state index contributed by atoms with van der Waals surface area (Å²) < 4.78 is 15.5. The molecule has 0 bridgehead atoms. The lowest BCUT2D eigenvalue weighted by Crippen LogP contribution is -2.42. The molecule has 1 amide bonds. The molecule has 0 aromatic heterocycles. The van der Waals surface area contributed by atoms with Crippen molar-refractivity contribution in [2.45, 2.75) is 38.6 Å². The van der Waals surface area contributed by atoms with Crippen LogP contribution in [-0.4, -0.2) is 42.9 Å². The van der Waals surface area contributed by atoms with Gasteiger partial charge in [0.05, 0.1) is 6.10 Å². The first kappa shape index (κ1) is 18.9. The number of cyclic esters (lactones) is 2. The second-order valence-corrected chi connectivity index (χ2v) is 6.80. The fourth-order valence-corrected chi connectivity index (χ4v) is 2.77. The summed E-state index contributed by atoms with van der Waals surface area (Å²) in [6, 6.07) is 6.63. The van der Waals surface area contributed by atoms with Gasteiger partial charge in [-0.2, -0.15) is 0 Å². The average molecular weight is 374 g/mol. The van der Waals surface area contributed by atoms with Crippen LogP contribution in [0.4, 0.5) is 5.69 Å². The summed E-state index contributed by atoms with van der Waals surface area (Å²) in [5.41, 5.74) is 0.876. The topological polar surface area (TPSA) is 103 Å². The van der Waals surface area contributed by atoms with Gasteiger partial charge in [-0.05, 0) is 37.1 Å². The smallest absolute Gasteiger partial charge is 0.350 e. The highest BCUT2D eigenvalue weighted by Crippen LogP contribution is 2.22. The summed E-state index contributed by atoms with van der Waals surface area (Å²) in [6.45, 7) is 4.20. The van der Waals surface area contributed by atoms with Crippen LogP contribution in [-0.2, 0) is 23.8 Å². The molecule has 0 aliphatic carbocycles. The number of rotatable bonds is 5. The lowest BCUT2D eigenvalue weighted by Gasteiger charge is -2.29. The highest BCUT2D eigenvalue weighted by atomic mass is 16.7. The lowest BCUT2D eigenvalue weighted by atomic mass is 10.1. The van der Waals surface area contributed by atoms with Crippen LogP contribution in [0.5, 0.6) is 0 Å². The first-order chi connectivity index (χ1) is 12.8. The summed E-state index contributed by atoms with van der Waals surface area (Å²) >= 11 is 0. The molecule has 0 radical (unpaired) electrons. The van der Waals surface area contributed by atoms with Gasteiger partial charge in [0.25, 0.3) is 11.7 Å². The molecule has 1 aromatic rings. The summed E-state index contributed by atoms with van der Waals surface area (Å²) in [6.07, 6.45) is 3.29. The second-order valence-electron chi connectivity index (χ2n) is 6.80. The minimum Gasteiger partial charge on any atom is -0.419 e. The number of anilines is 1.